The molecule has 0 N–H and O–H groups in total. The van der Waals surface area contributed by atoms with Crippen LogP contribution < -0.4 is 5.56 Å². The molecule has 0 saturated heterocycles. The Morgan fingerprint density at radius 3 is 2.12 bits per heavy atom. The quantitative estimate of drug-likeness (QED) is 0.229. The van der Waals surface area contributed by atoms with E-state index in [9.17, 15) is 53.6 Å². The minimum absolute atomic E-state index is 0.000815. The van der Waals surface area contributed by atoms with E-state index in [1.807, 2.05) is 0 Å². The van der Waals surface area contributed by atoms with E-state index in [1.165, 1.54) is 18.2 Å². The van der Waals surface area contributed by atoms with Gasteiger partial charge in [-0.2, -0.15) is 31.6 Å². The van der Waals surface area contributed by atoms with E-state index >= 15 is 0 Å². The van der Waals surface area contributed by atoms with Crippen LogP contribution in [0.2, 0.25) is 0 Å². The summed E-state index contributed by atoms with van der Waals surface area (Å²) in [6.07, 6.45) is -9.39. The van der Waals surface area contributed by atoms with Crippen molar-refractivity contribution in [3.8, 4) is 27.1 Å². The molecule has 0 amide bonds. The lowest BCUT2D eigenvalue weighted by Gasteiger charge is -2.17. The third kappa shape index (κ3) is 6.18. The molecule has 4 rings (SSSR count). The van der Waals surface area contributed by atoms with Crippen LogP contribution in [-0.2, 0) is 28.7 Å². The second kappa shape index (κ2) is 10.4. The van der Waals surface area contributed by atoms with E-state index in [0.29, 0.717) is 46.4 Å². The Bertz CT molecular complexity index is 1880. The standard InChI is InChI=1S/C26H14F8N2O3S2/c1-41(38,39)17-7-14(6-15(8-17)25(29,30)31)22-4-5-23(40-22)21-10-19(26(32,33)34)18(11-35)24(37)36(21)12-13-2-3-16(27)9-20(13)28/h2-10H,12H2,1H3. The fourth-order valence-electron chi connectivity index (χ4n) is 3.91. The van der Waals surface area contributed by atoms with Gasteiger partial charge in [-0.1, -0.05) is 6.07 Å². The number of thiophene rings is 1. The van der Waals surface area contributed by atoms with Crippen LogP contribution in [0.4, 0.5) is 35.1 Å². The summed E-state index contributed by atoms with van der Waals surface area (Å²) in [5.74, 6) is -2.08. The molecule has 0 aliphatic heterocycles. The van der Waals surface area contributed by atoms with Gasteiger partial charge in [0, 0.05) is 22.8 Å². The Labute approximate surface area is 230 Å². The van der Waals surface area contributed by atoms with Gasteiger partial charge >= 0.3 is 12.4 Å². The van der Waals surface area contributed by atoms with Gasteiger partial charge in [0.1, 0.15) is 23.3 Å². The van der Waals surface area contributed by atoms with E-state index in [2.05, 4.69) is 0 Å². The van der Waals surface area contributed by atoms with Gasteiger partial charge in [0.25, 0.3) is 5.56 Å². The highest BCUT2D eigenvalue weighted by atomic mass is 32.2. The maximum absolute atomic E-state index is 14.4. The fourth-order valence-corrected chi connectivity index (χ4v) is 5.61. The van der Waals surface area contributed by atoms with Crippen LogP contribution in [0.15, 0.2) is 64.3 Å². The van der Waals surface area contributed by atoms with Crippen molar-refractivity contribution < 1.29 is 43.5 Å². The fraction of sp³-hybridized carbons (Fsp3) is 0.154. The van der Waals surface area contributed by atoms with Crippen molar-refractivity contribution in [2.45, 2.75) is 23.8 Å². The van der Waals surface area contributed by atoms with Gasteiger partial charge in [-0.15, -0.1) is 11.3 Å². The number of halogens is 8. The SMILES string of the molecule is CS(=O)(=O)c1cc(-c2ccc(-c3cc(C(F)(F)F)c(C#N)c(=O)n3Cc3ccc(F)cc3F)s2)cc(C(F)(F)F)c1. The lowest BCUT2D eigenvalue weighted by molar-refractivity contribution is -0.138. The number of sulfone groups is 1. The predicted molar refractivity (Wildman–Crippen MR) is 133 cm³/mol. The van der Waals surface area contributed by atoms with Crippen LogP contribution in [0.1, 0.15) is 22.3 Å². The molecule has 0 bridgehead atoms. The molecule has 41 heavy (non-hydrogen) atoms. The highest BCUT2D eigenvalue weighted by Crippen LogP contribution is 2.40. The molecule has 0 saturated carbocycles. The van der Waals surface area contributed by atoms with Gasteiger partial charge in [0.05, 0.1) is 33.1 Å². The predicted octanol–water partition coefficient (Wildman–Crippen LogP) is 6.88. The van der Waals surface area contributed by atoms with Crippen molar-refractivity contribution in [2.75, 3.05) is 6.26 Å². The van der Waals surface area contributed by atoms with Crippen LogP contribution in [-0.4, -0.2) is 19.2 Å². The van der Waals surface area contributed by atoms with Gasteiger partial charge in [0.15, 0.2) is 9.84 Å². The van der Waals surface area contributed by atoms with E-state index in [0.717, 1.165) is 18.2 Å². The van der Waals surface area contributed by atoms with E-state index < -0.39 is 73.2 Å². The topological polar surface area (TPSA) is 79.9 Å². The van der Waals surface area contributed by atoms with Crippen LogP contribution in [0.25, 0.3) is 21.0 Å². The number of nitriles is 1. The molecule has 2 aromatic heterocycles. The summed E-state index contributed by atoms with van der Waals surface area (Å²) in [5.41, 5.74) is -6.58. The number of nitrogens with zero attached hydrogens (tertiary/aromatic N) is 2. The second-order valence-electron chi connectivity index (χ2n) is 8.73. The summed E-state index contributed by atoms with van der Waals surface area (Å²) < 4.78 is 134. The number of aromatic nitrogens is 1. The number of hydrogen-bond donors (Lipinski definition) is 0. The van der Waals surface area contributed by atoms with E-state index in [4.69, 9.17) is 0 Å². The number of alkyl halides is 6. The zero-order chi connectivity index (χ0) is 30.5. The molecule has 5 nitrogen and oxygen atoms in total. The van der Waals surface area contributed by atoms with Crippen LogP contribution >= 0.6 is 11.3 Å². The molecule has 2 aromatic carbocycles. The molecule has 0 aliphatic rings. The van der Waals surface area contributed by atoms with Gasteiger partial charge in [0.2, 0.25) is 0 Å². The van der Waals surface area contributed by atoms with Crippen LogP contribution in [0, 0.1) is 23.0 Å². The van der Waals surface area contributed by atoms with Crippen LogP contribution in [0.3, 0.4) is 0 Å². The Morgan fingerprint density at radius 2 is 1.56 bits per heavy atom. The second-order valence-corrected chi connectivity index (χ2v) is 11.8. The summed E-state index contributed by atoms with van der Waals surface area (Å²) in [4.78, 5) is 12.3. The first-order valence-corrected chi connectivity index (χ1v) is 13.8. The number of benzene rings is 2. The lowest BCUT2D eigenvalue weighted by atomic mass is 10.1. The highest BCUT2D eigenvalue weighted by molar-refractivity contribution is 7.90. The summed E-state index contributed by atoms with van der Waals surface area (Å²) >= 11 is 0.625. The normalized spacial score (nSPS) is 12.4. The average molecular weight is 619 g/mol. The molecule has 0 atom stereocenters. The zero-order valence-corrected chi connectivity index (χ0v) is 22.0. The smallest absolute Gasteiger partial charge is 0.302 e. The molecule has 0 radical (unpaired) electrons. The zero-order valence-electron chi connectivity index (χ0n) is 20.4. The van der Waals surface area contributed by atoms with Crippen molar-refractivity contribution in [3.05, 3.63) is 98.8 Å². The van der Waals surface area contributed by atoms with E-state index in [1.54, 1.807) is 0 Å². The third-order valence-electron chi connectivity index (χ3n) is 5.87. The maximum Gasteiger partial charge on any atom is 0.417 e. The molecule has 214 valence electrons. The lowest BCUT2D eigenvalue weighted by Crippen LogP contribution is -2.28. The van der Waals surface area contributed by atoms with E-state index in [-0.39, 0.29) is 20.9 Å². The van der Waals surface area contributed by atoms with Crippen LogP contribution in [0.5, 0.6) is 0 Å². The summed E-state index contributed by atoms with van der Waals surface area (Å²) in [5, 5.41) is 9.32. The van der Waals surface area contributed by atoms with Crippen molar-refractivity contribution in [1.29, 1.82) is 5.26 Å². The first-order chi connectivity index (χ1) is 18.9. The first-order valence-electron chi connectivity index (χ1n) is 11.1. The molecular weight excluding hydrogens is 604 g/mol. The Hall–Kier alpha value is -4.03. The Morgan fingerprint density at radius 1 is 0.902 bits per heavy atom. The minimum Gasteiger partial charge on any atom is -0.302 e. The van der Waals surface area contributed by atoms with Crippen molar-refractivity contribution in [2.24, 2.45) is 0 Å². The minimum atomic E-state index is -5.16. The maximum atomic E-state index is 14.4. The monoisotopic (exact) mass is 618 g/mol. The first kappa shape index (κ1) is 29.9. The van der Waals surface area contributed by atoms with Gasteiger partial charge in [-0.3, -0.25) is 4.79 Å². The molecule has 4 aromatic rings. The molecule has 0 fully saturated rings. The molecule has 0 unspecified atom stereocenters. The average Bonchev–Trinajstić information content (AvgIpc) is 3.34. The molecule has 15 heteroatoms. The summed E-state index contributed by atoms with van der Waals surface area (Å²) in [6, 6.07) is 8.43. The molecule has 2 heterocycles. The largest absolute Gasteiger partial charge is 0.417 e. The Balaban J connectivity index is 1.97. The summed E-state index contributed by atoms with van der Waals surface area (Å²) in [7, 11) is -4.10. The third-order valence-corrected chi connectivity index (χ3v) is 8.11. The number of hydrogen-bond acceptors (Lipinski definition) is 5. The summed E-state index contributed by atoms with van der Waals surface area (Å²) in [6.45, 7) is -0.720. The van der Waals surface area contributed by atoms with Crippen molar-refractivity contribution in [3.63, 3.8) is 0 Å². The number of pyridine rings is 1. The van der Waals surface area contributed by atoms with Crippen molar-refractivity contribution >= 4 is 21.2 Å². The highest BCUT2D eigenvalue weighted by Gasteiger charge is 2.37. The van der Waals surface area contributed by atoms with Gasteiger partial charge in [-0.25, -0.2) is 17.2 Å². The Kier molecular flexibility index (Phi) is 7.61. The van der Waals surface area contributed by atoms with Crippen molar-refractivity contribution in [1.82, 2.24) is 4.57 Å². The number of rotatable bonds is 5. The molecule has 0 aliphatic carbocycles. The van der Waals surface area contributed by atoms with Gasteiger partial charge < -0.3 is 4.57 Å². The molecular formula is C26H14F8N2O3S2. The van der Waals surface area contributed by atoms with Gasteiger partial charge in [-0.05, 0) is 48.0 Å². The molecule has 0 spiro atoms.